The maximum absolute atomic E-state index is 3.44. The lowest BCUT2D eigenvalue weighted by Gasteiger charge is -2.22. The Kier molecular flexibility index (Phi) is 6.08. The minimum Gasteiger partial charge on any atom is -0.317 e. The van der Waals surface area contributed by atoms with E-state index in [9.17, 15) is 0 Å². The number of hydrogen-bond acceptors (Lipinski definition) is 2. The third kappa shape index (κ3) is 3.40. The molecule has 0 aliphatic carbocycles. The first kappa shape index (κ1) is 10.2. The molecule has 62 valence electrons. The Balaban J connectivity index is 0.000000810. The van der Waals surface area contributed by atoms with Gasteiger partial charge in [-0.3, -0.25) is 0 Å². The number of halogens is 1. The molecular formula is C7H17ClN2. The minimum absolute atomic E-state index is 0. The summed E-state index contributed by atoms with van der Waals surface area (Å²) in [6, 6.07) is 0.788. The maximum atomic E-state index is 3.44. The van der Waals surface area contributed by atoms with Gasteiger partial charge in [0.1, 0.15) is 0 Å². The van der Waals surface area contributed by atoms with Crippen molar-refractivity contribution in [2.45, 2.75) is 25.8 Å². The van der Waals surface area contributed by atoms with Gasteiger partial charge in [-0.05, 0) is 32.5 Å². The first-order chi connectivity index (χ1) is 4.43. The zero-order valence-electron chi connectivity index (χ0n) is 6.52. The van der Waals surface area contributed by atoms with Crippen LogP contribution in [0.2, 0.25) is 0 Å². The first-order valence-corrected chi connectivity index (χ1v) is 3.87. The van der Waals surface area contributed by atoms with Gasteiger partial charge in [-0.15, -0.1) is 12.4 Å². The van der Waals surface area contributed by atoms with Crippen LogP contribution >= 0.6 is 12.4 Å². The molecule has 1 aliphatic rings. The molecule has 2 nitrogen and oxygen atoms in total. The molecule has 0 radical (unpaired) electrons. The van der Waals surface area contributed by atoms with E-state index in [1.54, 1.807) is 0 Å². The van der Waals surface area contributed by atoms with Crippen LogP contribution in [0.3, 0.4) is 0 Å². The molecule has 10 heavy (non-hydrogen) atoms. The van der Waals surface area contributed by atoms with Crippen LogP contribution in [-0.4, -0.2) is 25.7 Å². The monoisotopic (exact) mass is 164 g/mol. The normalized spacial score (nSPS) is 20.1. The van der Waals surface area contributed by atoms with Crippen LogP contribution in [-0.2, 0) is 0 Å². The predicted molar refractivity (Wildman–Crippen MR) is 46.8 cm³/mol. The van der Waals surface area contributed by atoms with Gasteiger partial charge in [-0.25, -0.2) is 0 Å². The number of rotatable bonds is 2. The maximum Gasteiger partial charge on any atom is 0.00911 e. The van der Waals surface area contributed by atoms with Crippen LogP contribution < -0.4 is 10.6 Å². The molecular weight excluding hydrogens is 148 g/mol. The van der Waals surface area contributed by atoms with Crippen LogP contribution in [0, 0.1) is 0 Å². The van der Waals surface area contributed by atoms with E-state index in [0.29, 0.717) is 0 Å². The fourth-order valence-corrected chi connectivity index (χ4v) is 1.31. The number of nitrogens with one attached hydrogen (secondary N) is 2. The van der Waals surface area contributed by atoms with Crippen molar-refractivity contribution >= 4 is 12.4 Å². The van der Waals surface area contributed by atoms with E-state index in [1.807, 2.05) is 0 Å². The summed E-state index contributed by atoms with van der Waals surface area (Å²) >= 11 is 0. The van der Waals surface area contributed by atoms with Gasteiger partial charge < -0.3 is 10.6 Å². The average Bonchev–Trinajstić information content (AvgIpc) is 1.91. The Hall–Kier alpha value is 0.210. The lowest BCUT2D eigenvalue weighted by atomic mass is 10.1. The van der Waals surface area contributed by atoms with Gasteiger partial charge in [0, 0.05) is 6.04 Å². The van der Waals surface area contributed by atoms with Crippen molar-refractivity contribution in [2.24, 2.45) is 0 Å². The summed E-state index contributed by atoms with van der Waals surface area (Å²) in [4.78, 5) is 0. The van der Waals surface area contributed by atoms with Crippen LogP contribution in [0.25, 0.3) is 0 Å². The van der Waals surface area contributed by atoms with Gasteiger partial charge in [0.05, 0.1) is 0 Å². The lowest BCUT2D eigenvalue weighted by Crippen LogP contribution is -2.39. The molecule has 0 aromatic carbocycles. The van der Waals surface area contributed by atoms with E-state index < -0.39 is 0 Å². The van der Waals surface area contributed by atoms with E-state index in [-0.39, 0.29) is 12.4 Å². The second-order valence-corrected chi connectivity index (χ2v) is 2.58. The summed E-state index contributed by atoms with van der Waals surface area (Å²) in [6.07, 6.45) is 2.60. The van der Waals surface area contributed by atoms with E-state index >= 15 is 0 Å². The van der Waals surface area contributed by atoms with Gasteiger partial charge in [0.15, 0.2) is 0 Å². The van der Waals surface area contributed by atoms with Crippen molar-refractivity contribution in [1.29, 1.82) is 0 Å². The SMILES string of the molecule is CCNC1CCNCC1.Cl. The molecule has 0 bridgehead atoms. The standard InChI is InChI=1S/C7H16N2.ClH/c1-2-9-7-3-5-8-6-4-7;/h7-9H,2-6H2,1H3;1H. The van der Waals surface area contributed by atoms with Gasteiger partial charge in [0.2, 0.25) is 0 Å². The molecule has 0 saturated carbocycles. The van der Waals surface area contributed by atoms with Crippen LogP contribution in [0.15, 0.2) is 0 Å². The largest absolute Gasteiger partial charge is 0.317 e. The molecule has 0 amide bonds. The molecule has 1 aliphatic heterocycles. The van der Waals surface area contributed by atoms with Gasteiger partial charge in [0.25, 0.3) is 0 Å². The van der Waals surface area contributed by atoms with E-state index in [0.717, 1.165) is 12.6 Å². The zero-order valence-corrected chi connectivity index (χ0v) is 7.34. The average molecular weight is 165 g/mol. The van der Waals surface area contributed by atoms with Crippen molar-refractivity contribution in [1.82, 2.24) is 10.6 Å². The summed E-state index contributed by atoms with van der Waals surface area (Å²) < 4.78 is 0. The number of piperidine rings is 1. The lowest BCUT2D eigenvalue weighted by molar-refractivity contribution is 0.394. The minimum atomic E-state index is 0. The Morgan fingerprint density at radius 2 is 2.00 bits per heavy atom. The van der Waals surface area contributed by atoms with Crippen molar-refractivity contribution in [2.75, 3.05) is 19.6 Å². The fourth-order valence-electron chi connectivity index (χ4n) is 1.31. The van der Waals surface area contributed by atoms with Gasteiger partial charge in [-0.2, -0.15) is 0 Å². The van der Waals surface area contributed by atoms with Gasteiger partial charge >= 0.3 is 0 Å². The first-order valence-electron chi connectivity index (χ1n) is 3.87. The van der Waals surface area contributed by atoms with Crippen LogP contribution in [0.5, 0.6) is 0 Å². The summed E-state index contributed by atoms with van der Waals surface area (Å²) in [5.74, 6) is 0. The molecule has 3 heteroatoms. The van der Waals surface area contributed by atoms with E-state index in [2.05, 4.69) is 17.6 Å². The van der Waals surface area contributed by atoms with Crippen molar-refractivity contribution in [3.63, 3.8) is 0 Å². The smallest absolute Gasteiger partial charge is 0.00911 e. The summed E-state index contributed by atoms with van der Waals surface area (Å²) in [5, 5.41) is 6.78. The van der Waals surface area contributed by atoms with E-state index in [4.69, 9.17) is 0 Å². The van der Waals surface area contributed by atoms with Crippen LogP contribution in [0.1, 0.15) is 19.8 Å². The fraction of sp³-hybridized carbons (Fsp3) is 1.00. The second-order valence-electron chi connectivity index (χ2n) is 2.58. The predicted octanol–water partition coefficient (Wildman–Crippen LogP) is 0.770. The molecule has 0 aromatic rings. The quantitative estimate of drug-likeness (QED) is 0.630. The molecule has 1 fully saturated rings. The summed E-state index contributed by atoms with van der Waals surface area (Å²) in [5.41, 5.74) is 0. The molecule has 1 heterocycles. The highest BCUT2D eigenvalue weighted by molar-refractivity contribution is 5.85. The summed E-state index contributed by atoms with van der Waals surface area (Å²) in [6.45, 7) is 5.67. The Labute approximate surface area is 69.2 Å². The van der Waals surface area contributed by atoms with Crippen molar-refractivity contribution < 1.29 is 0 Å². The highest BCUT2D eigenvalue weighted by Gasteiger charge is 2.09. The molecule has 0 aromatic heterocycles. The van der Waals surface area contributed by atoms with Gasteiger partial charge in [-0.1, -0.05) is 6.92 Å². The summed E-state index contributed by atoms with van der Waals surface area (Å²) in [7, 11) is 0. The topological polar surface area (TPSA) is 24.1 Å². The third-order valence-electron chi connectivity index (χ3n) is 1.83. The second kappa shape index (κ2) is 5.96. The van der Waals surface area contributed by atoms with E-state index in [1.165, 1.54) is 25.9 Å². The molecule has 0 spiro atoms. The van der Waals surface area contributed by atoms with Crippen molar-refractivity contribution in [3.8, 4) is 0 Å². The number of hydrogen-bond donors (Lipinski definition) is 2. The molecule has 0 unspecified atom stereocenters. The molecule has 1 saturated heterocycles. The van der Waals surface area contributed by atoms with Crippen molar-refractivity contribution in [3.05, 3.63) is 0 Å². The Morgan fingerprint density at radius 1 is 1.40 bits per heavy atom. The highest BCUT2D eigenvalue weighted by Crippen LogP contribution is 2.00. The molecule has 2 N–H and O–H groups in total. The Bertz CT molecular complexity index is 69.3. The third-order valence-corrected chi connectivity index (χ3v) is 1.83. The Morgan fingerprint density at radius 3 is 2.50 bits per heavy atom. The molecule has 0 atom stereocenters. The van der Waals surface area contributed by atoms with Crippen LogP contribution in [0.4, 0.5) is 0 Å². The zero-order chi connectivity index (χ0) is 6.53. The molecule has 1 rings (SSSR count). The highest BCUT2D eigenvalue weighted by atomic mass is 35.5.